The number of guanidine groups is 1. The quantitative estimate of drug-likeness (QED) is 0.225. The Balaban J connectivity index is 0.00000484. The first kappa shape index (κ1) is 22.2. The molecule has 0 aliphatic rings. The van der Waals surface area contributed by atoms with Gasteiger partial charge in [-0.2, -0.15) is 0 Å². The fourth-order valence-electron chi connectivity index (χ4n) is 2.25. The number of rotatable bonds is 10. The van der Waals surface area contributed by atoms with E-state index in [0.717, 1.165) is 18.9 Å². The number of hydrogen-bond donors (Lipinski definition) is 3. The number of aliphatic hydroxyl groups excluding tert-OH is 1. The zero-order chi connectivity index (χ0) is 16.2. The molecule has 5 nitrogen and oxygen atoms in total. The van der Waals surface area contributed by atoms with Gasteiger partial charge < -0.3 is 20.2 Å². The second-order valence-corrected chi connectivity index (χ2v) is 5.65. The normalized spacial score (nSPS) is 14.0. The molecule has 2 atom stereocenters. The average Bonchev–Trinajstić information content (AvgIpc) is 3.03. The summed E-state index contributed by atoms with van der Waals surface area (Å²) in [7, 11) is 0. The number of nitrogens with zero attached hydrogens (tertiary/aromatic N) is 1. The van der Waals surface area contributed by atoms with Gasteiger partial charge in [-0.1, -0.05) is 32.6 Å². The number of hydrogen-bond acceptors (Lipinski definition) is 3. The number of halogens is 1. The van der Waals surface area contributed by atoms with E-state index < -0.39 is 6.10 Å². The van der Waals surface area contributed by atoms with Crippen molar-refractivity contribution in [3.63, 3.8) is 0 Å². The van der Waals surface area contributed by atoms with E-state index in [9.17, 15) is 5.11 Å². The molecule has 0 bridgehead atoms. The van der Waals surface area contributed by atoms with Crippen molar-refractivity contribution >= 4 is 29.9 Å². The molecule has 6 heteroatoms. The molecule has 0 spiro atoms. The topological polar surface area (TPSA) is 69.8 Å². The van der Waals surface area contributed by atoms with Crippen molar-refractivity contribution in [2.24, 2.45) is 4.99 Å². The molecular weight excluding hydrogens is 405 g/mol. The molecule has 0 amide bonds. The number of nitrogens with one attached hydrogen (secondary N) is 2. The molecule has 1 aromatic rings. The Bertz CT molecular complexity index is 410. The first-order valence-corrected chi connectivity index (χ1v) is 8.43. The predicted molar refractivity (Wildman–Crippen MR) is 106 cm³/mol. The van der Waals surface area contributed by atoms with Crippen molar-refractivity contribution in [1.82, 2.24) is 10.6 Å². The molecular formula is C17H32IN3O2. The second-order valence-electron chi connectivity index (χ2n) is 5.65. The van der Waals surface area contributed by atoms with Gasteiger partial charge in [0.15, 0.2) is 5.96 Å². The lowest BCUT2D eigenvalue weighted by Crippen LogP contribution is -2.42. The Kier molecular flexibility index (Phi) is 13.2. The van der Waals surface area contributed by atoms with Crippen LogP contribution >= 0.6 is 24.0 Å². The second kappa shape index (κ2) is 13.7. The molecule has 0 aliphatic heterocycles. The average molecular weight is 437 g/mol. The molecule has 0 aromatic carbocycles. The maximum absolute atomic E-state index is 10.0. The van der Waals surface area contributed by atoms with Crippen LogP contribution in [0.4, 0.5) is 0 Å². The van der Waals surface area contributed by atoms with Crippen LogP contribution in [0.5, 0.6) is 0 Å². The van der Waals surface area contributed by atoms with Gasteiger partial charge in [0.05, 0.1) is 12.8 Å². The highest BCUT2D eigenvalue weighted by atomic mass is 127. The molecule has 3 N–H and O–H groups in total. The lowest BCUT2D eigenvalue weighted by atomic mass is 10.1. The molecule has 0 aliphatic carbocycles. The fraction of sp³-hybridized carbons (Fsp3) is 0.706. The van der Waals surface area contributed by atoms with Crippen LogP contribution < -0.4 is 10.6 Å². The Hall–Kier alpha value is -0.760. The summed E-state index contributed by atoms with van der Waals surface area (Å²) in [6.07, 6.45) is 7.07. The van der Waals surface area contributed by atoms with Crippen LogP contribution in [0.15, 0.2) is 27.8 Å². The van der Waals surface area contributed by atoms with Gasteiger partial charge >= 0.3 is 0 Å². The largest absolute Gasteiger partial charge is 0.467 e. The molecule has 134 valence electrons. The van der Waals surface area contributed by atoms with Crippen LogP contribution in [-0.2, 0) is 0 Å². The van der Waals surface area contributed by atoms with E-state index in [1.165, 1.54) is 25.7 Å². The summed E-state index contributed by atoms with van der Waals surface area (Å²) in [5, 5.41) is 16.6. The Labute approximate surface area is 157 Å². The van der Waals surface area contributed by atoms with Crippen molar-refractivity contribution < 1.29 is 9.52 Å². The molecule has 0 radical (unpaired) electrons. The van der Waals surface area contributed by atoms with Crippen LogP contribution in [0, 0.1) is 0 Å². The lowest BCUT2D eigenvalue weighted by Gasteiger charge is -2.18. The molecule has 0 saturated heterocycles. The van der Waals surface area contributed by atoms with Crippen LogP contribution in [-0.4, -0.2) is 30.2 Å². The summed E-state index contributed by atoms with van der Waals surface area (Å²) >= 11 is 0. The van der Waals surface area contributed by atoms with Gasteiger partial charge in [-0.25, -0.2) is 0 Å². The zero-order valence-corrected chi connectivity index (χ0v) is 16.9. The van der Waals surface area contributed by atoms with Gasteiger partial charge in [-0.3, -0.25) is 4.99 Å². The third-order valence-corrected chi connectivity index (χ3v) is 3.51. The fourth-order valence-corrected chi connectivity index (χ4v) is 2.25. The van der Waals surface area contributed by atoms with Gasteiger partial charge in [-0.05, 0) is 32.4 Å². The van der Waals surface area contributed by atoms with E-state index in [4.69, 9.17) is 4.42 Å². The minimum Gasteiger partial charge on any atom is -0.467 e. The molecule has 2 unspecified atom stereocenters. The first-order chi connectivity index (χ1) is 10.7. The summed E-state index contributed by atoms with van der Waals surface area (Å²) < 4.78 is 5.18. The highest BCUT2D eigenvalue weighted by Gasteiger charge is 2.11. The monoisotopic (exact) mass is 437 g/mol. The molecule has 0 saturated carbocycles. The Morgan fingerprint density at radius 2 is 2.09 bits per heavy atom. The van der Waals surface area contributed by atoms with Crippen LogP contribution in [0.25, 0.3) is 0 Å². The number of aliphatic imine (C=N–C) groups is 1. The molecule has 1 aromatic heterocycles. The minimum absolute atomic E-state index is 0. The van der Waals surface area contributed by atoms with Crippen molar-refractivity contribution in [3.8, 4) is 0 Å². The zero-order valence-electron chi connectivity index (χ0n) is 14.5. The van der Waals surface area contributed by atoms with E-state index >= 15 is 0 Å². The van der Waals surface area contributed by atoms with Crippen LogP contribution in [0.2, 0.25) is 0 Å². The predicted octanol–water partition coefficient (Wildman–Crippen LogP) is 3.85. The van der Waals surface area contributed by atoms with Gasteiger partial charge in [-0.15, -0.1) is 24.0 Å². The van der Waals surface area contributed by atoms with Gasteiger partial charge in [0.2, 0.25) is 0 Å². The van der Waals surface area contributed by atoms with E-state index in [0.29, 0.717) is 11.8 Å². The lowest BCUT2D eigenvalue weighted by molar-refractivity contribution is 0.158. The summed E-state index contributed by atoms with van der Waals surface area (Å²) in [5.41, 5.74) is 0. The summed E-state index contributed by atoms with van der Waals surface area (Å²) in [6.45, 7) is 7.51. The van der Waals surface area contributed by atoms with Crippen molar-refractivity contribution in [3.05, 3.63) is 24.2 Å². The third kappa shape index (κ3) is 9.86. The van der Waals surface area contributed by atoms with Gasteiger partial charge in [0, 0.05) is 12.6 Å². The smallest absolute Gasteiger partial charge is 0.191 e. The minimum atomic E-state index is -0.703. The Morgan fingerprint density at radius 1 is 1.30 bits per heavy atom. The summed E-state index contributed by atoms with van der Waals surface area (Å²) in [6, 6.07) is 3.90. The van der Waals surface area contributed by atoms with E-state index in [2.05, 4.69) is 29.5 Å². The third-order valence-electron chi connectivity index (χ3n) is 3.51. The van der Waals surface area contributed by atoms with Crippen molar-refractivity contribution in [2.75, 3.05) is 13.1 Å². The number of aliphatic hydroxyl groups is 1. The summed E-state index contributed by atoms with van der Waals surface area (Å²) in [4.78, 5) is 4.44. The van der Waals surface area contributed by atoms with Gasteiger partial charge in [0.1, 0.15) is 11.9 Å². The van der Waals surface area contributed by atoms with E-state index in [1.54, 1.807) is 18.4 Å². The van der Waals surface area contributed by atoms with Crippen molar-refractivity contribution in [2.45, 2.75) is 65.0 Å². The molecule has 1 heterocycles. The highest BCUT2D eigenvalue weighted by molar-refractivity contribution is 14.0. The van der Waals surface area contributed by atoms with E-state index in [-0.39, 0.29) is 30.5 Å². The first-order valence-electron chi connectivity index (χ1n) is 8.43. The number of unbranched alkanes of at least 4 members (excludes halogenated alkanes) is 3. The maximum atomic E-state index is 10.0. The number of furan rings is 1. The maximum Gasteiger partial charge on any atom is 0.191 e. The van der Waals surface area contributed by atoms with Crippen molar-refractivity contribution in [1.29, 1.82) is 0 Å². The van der Waals surface area contributed by atoms with Gasteiger partial charge in [0.25, 0.3) is 0 Å². The Morgan fingerprint density at radius 3 is 2.70 bits per heavy atom. The van der Waals surface area contributed by atoms with E-state index in [1.807, 2.05) is 6.92 Å². The standard InChI is InChI=1S/C17H31N3O2.HI/c1-4-6-7-8-10-14(3)20-17(18-5-2)19-13-15(21)16-11-9-12-22-16;/h9,11-12,14-15,21H,4-8,10,13H2,1-3H3,(H2,18,19,20);1H. The SMILES string of the molecule is CCCCCCC(C)NC(=NCC(O)c1ccco1)NCC.I. The molecule has 23 heavy (non-hydrogen) atoms. The summed E-state index contributed by atoms with van der Waals surface area (Å²) in [5.74, 6) is 1.29. The van der Waals surface area contributed by atoms with Crippen LogP contribution in [0.1, 0.15) is 64.7 Å². The van der Waals surface area contributed by atoms with Crippen LogP contribution in [0.3, 0.4) is 0 Å². The highest BCUT2D eigenvalue weighted by Crippen LogP contribution is 2.13. The molecule has 1 rings (SSSR count). The molecule has 0 fully saturated rings.